The summed E-state index contributed by atoms with van der Waals surface area (Å²) < 4.78 is 21.2. The van der Waals surface area contributed by atoms with Gasteiger partial charge in [0.1, 0.15) is 0 Å². The number of ether oxygens (including phenoxy) is 4. The van der Waals surface area contributed by atoms with Crippen molar-refractivity contribution in [3.63, 3.8) is 0 Å². The molecule has 124 valence electrons. The van der Waals surface area contributed by atoms with Crippen LogP contribution in [0.25, 0.3) is 0 Å². The minimum Gasteiger partial charge on any atom is -0.493 e. The molecular formula is C19H24O4. The molecule has 2 rings (SSSR count). The van der Waals surface area contributed by atoms with Gasteiger partial charge < -0.3 is 18.9 Å². The summed E-state index contributed by atoms with van der Waals surface area (Å²) in [5, 5.41) is 0. The van der Waals surface area contributed by atoms with E-state index in [1.54, 1.807) is 28.4 Å². The quantitative estimate of drug-likeness (QED) is 0.740. The average Bonchev–Trinajstić information content (AvgIpc) is 2.61. The van der Waals surface area contributed by atoms with Crippen molar-refractivity contribution < 1.29 is 18.9 Å². The SMILES string of the molecule is COc1ccc(CCCc2ccc(OC)c(OC)c2)cc1OC. The Morgan fingerprint density at radius 3 is 1.30 bits per heavy atom. The van der Waals surface area contributed by atoms with Gasteiger partial charge in [-0.15, -0.1) is 0 Å². The normalized spacial score (nSPS) is 10.3. The van der Waals surface area contributed by atoms with Crippen LogP contribution in [-0.2, 0) is 12.8 Å². The van der Waals surface area contributed by atoms with Gasteiger partial charge in [-0.1, -0.05) is 12.1 Å². The molecule has 0 radical (unpaired) electrons. The molecule has 0 aliphatic heterocycles. The molecule has 0 N–H and O–H groups in total. The maximum atomic E-state index is 5.34. The second-order valence-corrected chi connectivity index (χ2v) is 5.23. The highest BCUT2D eigenvalue weighted by Crippen LogP contribution is 2.29. The predicted molar refractivity (Wildman–Crippen MR) is 91.1 cm³/mol. The molecule has 0 amide bonds. The Kier molecular flexibility index (Phi) is 6.15. The molecule has 4 nitrogen and oxygen atoms in total. The van der Waals surface area contributed by atoms with Crippen LogP contribution in [0.1, 0.15) is 17.5 Å². The topological polar surface area (TPSA) is 36.9 Å². The van der Waals surface area contributed by atoms with Crippen molar-refractivity contribution >= 4 is 0 Å². The van der Waals surface area contributed by atoms with Crippen LogP contribution in [0.5, 0.6) is 23.0 Å². The van der Waals surface area contributed by atoms with Crippen molar-refractivity contribution in [1.82, 2.24) is 0 Å². The number of aryl methyl sites for hydroxylation is 2. The second kappa shape index (κ2) is 8.32. The van der Waals surface area contributed by atoms with E-state index in [4.69, 9.17) is 18.9 Å². The lowest BCUT2D eigenvalue weighted by Crippen LogP contribution is -1.95. The molecule has 0 atom stereocenters. The molecule has 4 heteroatoms. The van der Waals surface area contributed by atoms with Gasteiger partial charge in [0, 0.05) is 0 Å². The highest BCUT2D eigenvalue weighted by atomic mass is 16.5. The van der Waals surface area contributed by atoms with E-state index in [0.717, 1.165) is 42.3 Å². The Morgan fingerprint density at radius 1 is 0.565 bits per heavy atom. The molecule has 0 saturated heterocycles. The number of methoxy groups -OCH3 is 4. The summed E-state index contributed by atoms with van der Waals surface area (Å²) in [6, 6.07) is 12.1. The molecule has 0 spiro atoms. The lowest BCUT2D eigenvalue weighted by Gasteiger charge is -2.11. The third kappa shape index (κ3) is 4.31. The summed E-state index contributed by atoms with van der Waals surface area (Å²) in [7, 11) is 6.61. The Hall–Kier alpha value is -2.36. The van der Waals surface area contributed by atoms with Crippen LogP contribution >= 0.6 is 0 Å². The van der Waals surface area contributed by atoms with E-state index in [9.17, 15) is 0 Å². The molecule has 2 aromatic rings. The van der Waals surface area contributed by atoms with Gasteiger partial charge in [-0.3, -0.25) is 0 Å². The summed E-state index contributed by atoms with van der Waals surface area (Å²) in [5.41, 5.74) is 2.48. The summed E-state index contributed by atoms with van der Waals surface area (Å²) in [4.78, 5) is 0. The van der Waals surface area contributed by atoms with Crippen LogP contribution in [0, 0.1) is 0 Å². The van der Waals surface area contributed by atoms with Crippen molar-refractivity contribution in [3.8, 4) is 23.0 Å². The van der Waals surface area contributed by atoms with Crippen molar-refractivity contribution in [2.45, 2.75) is 19.3 Å². The predicted octanol–water partition coefficient (Wildman–Crippen LogP) is 3.90. The smallest absolute Gasteiger partial charge is 0.160 e. The third-order valence-corrected chi connectivity index (χ3v) is 3.83. The molecule has 0 saturated carbocycles. The maximum Gasteiger partial charge on any atom is 0.160 e. The van der Waals surface area contributed by atoms with E-state index >= 15 is 0 Å². The van der Waals surface area contributed by atoms with Crippen molar-refractivity contribution in [1.29, 1.82) is 0 Å². The Bertz CT molecular complexity index is 582. The van der Waals surface area contributed by atoms with E-state index in [-0.39, 0.29) is 0 Å². The fourth-order valence-electron chi connectivity index (χ4n) is 2.57. The fourth-order valence-corrected chi connectivity index (χ4v) is 2.57. The molecule has 0 unspecified atom stereocenters. The zero-order valence-electron chi connectivity index (χ0n) is 14.2. The van der Waals surface area contributed by atoms with Gasteiger partial charge in [0.15, 0.2) is 23.0 Å². The van der Waals surface area contributed by atoms with Crippen LogP contribution in [-0.4, -0.2) is 28.4 Å². The number of hydrogen-bond acceptors (Lipinski definition) is 4. The minimum atomic E-state index is 0.760. The van der Waals surface area contributed by atoms with Gasteiger partial charge >= 0.3 is 0 Å². The molecule has 0 aliphatic rings. The molecule has 0 heterocycles. The van der Waals surface area contributed by atoms with Crippen LogP contribution in [0.2, 0.25) is 0 Å². The standard InChI is InChI=1S/C19H24O4/c1-20-16-10-8-14(12-18(16)22-3)6-5-7-15-9-11-17(21-2)19(13-15)23-4/h8-13H,5-7H2,1-4H3. The molecule has 0 aliphatic carbocycles. The molecule has 0 bridgehead atoms. The average molecular weight is 316 g/mol. The highest BCUT2D eigenvalue weighted by molar-refractivity contribution is 5.44. The first-order valence-corrected chi connectivity index (χ1v) is 7.63. The number of benzene rings is 2. The van der Waals surface area contributed by atoms with Crippen molar-refractivity contribution in [2.24, 2.45) is 0 Å². The van der Waals surface area contributed by atoms with Crippen molar-refractivity contribution in [2.75, 3.05) is 28.4 Å². The van der Waals surface area contributed by atoms with Gasteiger partial charge in [-0.2, -0.15) is 0 Å². The summed E-state index contributed by atoms with van der Waals surface area (Å²) >= 11 is 0. The van der Waals surface area contributed by atoms with Crippen LogP contribution in [0.4, 0.5) is 0 Å². The lowest BCUT2D eigenvalue weighted by atomic mass is 10.0. The van der Waals surface area contributed by atoms with Gasteiger partial charge in [0.2, 0.25) is 0 Å². The lowest BCUT2D eigenvalue weighted by molar-refractivity contribution is 0.354. The summed E-state index contributed by atoms with van der Waals surface area (Å²) in [5.74, 6) is 3.07. The first kappa shape index (κ1) is 17.0. The number of rotatable bonds is 8. The highest BCUT2D eigenvalue weighted by Gasteiger charge is 2.06. The molecule has 0 aromatic heterocycles. The zero-order chi connectivity index (χ0) is 16.7. The van der Waals surface area contributed by atoms with Crippen LogP contribution in [0.3, 0.4) is 0 Å². The van der Waals surface area contributed by atoms with Gasteiger partial charge in [0.05, 0.1) is 28.4 Å². The number of hydrogen-bond donors (Lipinski definition) is 0. The van der Waals surface area contributed by atoms with Gasteiger partial charge in [0.25, 0.3) is 0 Å². The molecule has 23 heavy (non-hydrogen) atoms. The third-order valence-electron chi connectivity index (χ3n) is 3.83. The van der Waals surface area contributed by atoms with Crippen LogP contribution < -0.4 is 18.9 Å². The molecule has 2 aromatic carbocycles. The van der Waals surface area contributed by atoms with Crippen molar-refractivity contribution in [3.05, 3.63) is 47.5 Å². The molecule has 0 fully saturated rings. The molecular weight excluding hydrogens is 292 g/mol. The van der Waals surface area contributed by atoms with E-state index in [2.05, 4.69) is 12.1 Å². The first-order chi connectivity index (χ1) is 11.2. The van der Waals surface area contributed by atoms with Gasteiger partial charge in [-0.05, 0) is 54.7 Å². The largest absolute Gasteiger partial charge is 0.493 e. The monoisotopic (exact) mass is 316 g/mol. The fraction of sp³-hybridized carbons (Fsp3) is 0.368. The van der Waals surface area contributed by atoms with E-state index < -0.39 is 0 Å². The first-order valence-electron chi connectivity index (χ1n) is 7.63. The minimum absolute atomic E-state index is 0.760. The maximum absolute atomic E-state index is 5.34. The Labute approximate surface area is 137 Å². The van der Waals surface area contributed by atoms with E-state index in [1.165, 1.54) is 11.1 Å². The zero-order valence-corrected chi connectivity index (χ0v) is 14.2. The summed E-state index contributed by atoms with van der Waals surface area (Å²) in [6.45, 7) is 0. The van der Waals surface area contributed by atoms with Gasteiger partial charge in [-0.25, -0.2) is 0 Å². The Balaban J connectivity index is 1.97. The summed E-state index contributed by atoms with van der Waals surface area (Å²) in [6.07, 6.45) is 3.01. The second-order valence-electron chi connectivity index (χ2n) is 5.23. The van der Waals surface area contributed by atoms with E-state index in [1.807, 2.05) is 24.3 Å². The van der Waals surface area contributed by atoms with E-state index in [0.29, 0.717) is 0 Å². The Morgan fingerprint density at radius 2 is 0.957 bits per heavy atom. The van der Waals surface area contributed by atoms with Crippen LogP contribution in [0.15, 0.2) is 36.4 Å².